The molecule has 1 aliphatic rings. The van der Waals surface area contributed by atoms with Crippen molar-refractivity contribution in [3.63, 3.8) is 0 Å². The maximum atomic E-state index is 13.5. The molecule has 1 heterocycles. The van der Waals surface area contributed by atoms with Crippen LogP contribution in [0.1, 0.15) is 18.4 Å². The lowest BCUT2D eigenvalue weighted by Gasteiger charge is -2.21. The highest BCUT2D eigenvalue weighted by Crippen LogP contribution is 2.15. The van der Waals surface area contributed by atoms with Gasteiger partial charge >= 0.3 is 12.1 Å². The standard InChI is InChI=1S/C19H25FN2O6Si/c1-29(2,3)10-9-27-19(26)21-15(12-13-5-4-6-14(20)11-13)18(25)28-22-16(23)7-8-17(22)24/h4-6,11,15H,7-10,12H2,1-3H3,(H,21,26)/t15-/m0/s1. The van der Waals surface area contributed by atoms with Crippen LogP contribution in [0.4, 0.5) is 9.18 Å². The van der Waals surface area contributed by atoms with Crippen molar-refractivity contribution in [3.8, 4) is 0 Å². The van der Waals surface area contributed by atoms with E-state index < -0.39 is 43.8 Å². The monoisotopic (exact) mass is 424 g/mol. The second-order valence-corrected chi connectivity index (χ2v) is 13.6. The van der Waals surface area contributed by atoms with E-state index in [-0.39, 0.29) is 25.9 Å². The molecule has 3 amide bonds. The number of rotatable bonds is 8. The number of halogens is 1. The number of hydrogen-bond donors (Lipinski definition) is 1. The summed E-state index contributed by atoms with van der Waals surface area (Å²) in [5, 5.41) is 2.78. The lowest BCUT2D eigenvalue weighted by atomic mass is 10.1. The molecule has 1 N–H and O–H groups in total. The number of benzene rings is 1. The van der Waals surface area contributed by atoms with Gasteiger partial charge in [-0.25, -0.2) is 14.0 Å². The van der Waals surface area contributed by atoms with E-state index >= 15 is 0 Å². The van der Waals surface area contributed by atoms with Gasteiger partial charge in [-0.1, -0.05) is 31.8 Å². The average molecular weight is 425 g/mol. The minimum Gasteiger partial charge on any atom is -0.450 e. The maximum Gasteiger partial charge on any atom is 0.407 e. The summed E-state index contributed by atoms with van der Waals surface area (Å²) in [6.07, 6.45) is -1.03. The smallest absolute Gasteiger partial charge is 0.407 e. The Kier molecular flexibility index (Phi) is 7.49. The summed E-state index contributed by atoms with van der Waals surface area (Å²) in [5.74, 6) is -2.78. The second-order valence-electron chi connectivity index (χ2n) is 7.97. The minimum absolute atomic E-state index is 0.0488. The Bertz CT molecular complexity index is 779. The van der Waals surface area contributed by atoms with E-state index in [0.29, 0.717) is 10.6 Å². The summed E-state index contributed by atoms with van der Waals surface area (Å²) in [4.78, 5) is 52.9. The molecule has 0 bridgehead atoms. The van der Waals surface area contributed by atoms with E-state index in [0.717, 1.165) is 6.04 Å². The quantitative estimate of drug-likeness (QED) is 0.508. The molecule has 0 aromatic heterocycles. The van der Waals surface area contributed by atoms with Gasteiger partial charge in [-0.15, -0.1) is 5.06 Å². The number of nitrogens with one attached hydrogen (secondary N) is 1. The van der Waals surface area contributed by atoms with Crippen LogP contribution in [-0.4, -0.2) is 49.7 Å². The lowest BCUT2D eigenvalue weighted by Crippen LogP contribution is -2.47. The van der Waals surface area contributed by atoms with Crippen molar-refractivity contribution in [1.82, 2.24) is 10.4 Å². The van der Waals surface area contributed by atoms with Crippen LogP contribution in [0.3, 0.4) is 0 Å². The van der Waals surface area contributed by atoms with Gasteiger partial charge in [0.2, 0.25) is 0 Å². The summed E-state index contributed by atoms with van der Waals surface area (Å²) in [5.41, 5.74) is 0.424. The number of carbonyl (C=O) groups excluding carboxylic acids is 4. The van der Waals surface area contributed by atoms with Gasteiger partial charge < -0.3 is 14.9 Å². The SMILES string of the molecule is C[Si](C)(C)CCOC(=O)N[C@@H](Cc1cccc(F)c1)C(=O)ON1C(=O)CCC1=O. The van der Waals surface area contributed by atoms with Crippen LogP contribution < -0.4 is 5.32 Å². The molecule has 0 unspecified atom stereocenters. The molecule has 2 rings (SSSR count). The predicted molar refractivity (Wildman–Crippen MR) is 104 cm³/mol. The van der Waals surface area contributed by atoms with Gasteiger partial charge in [0.25, 0.3) is 11.8 Å². The molecular weight excluding hydrogens is 399 g/mol. The van der Waals surface area contributed by atoms with Gasteiger partial charge in [0, 0.05) is 27.3 Å². The topological polar surface area (TPSA) is 102 Å². The maximum absolute atomic E-state index is 13.5. The number of alkyl carbamates (subject to hydrolysis) is 1. The van der Waals surface area contributed by atoms with Crippen molar-refractivity contribution in [1.29, 1.82) is 0 Å². The van der Waals surface area contributed by atoms with Crippen LogP contribution in [0, 0.1) is 5.82 Å². The summed E-state index contributed by atoms with van der Waals surface area (Å²) < 4.78 is 18.6. The van der Waals surface area contributed by atoms with E-state index in [4.69, 9.17) is 9.57 Å². The van der Waals surface area contributed by atoms with Crippen LogP contribution >= 0.6 is 0 Å². The van der Waals surface area contributed by atoms with Crippen LogP contribution in [0.25, 0.3) is 0 Å². The number of nitrogens with zero attached hydrogens (tertiary/aromatic N) is 1. The number of amides is 3. The predicted octanol–water partition coefficient (Wildman–Crippen LogP) is 2.41. The lowest BCUT2D eigenvalue weighted by molar-refractivity contribution is -0.198. The van der Waals surface area contributed by atoms with Crippen molar-refractivity contribution in [2.24, 2.45) is 0 Å². The van der Waals surface area contributed by atoms with Crippen LogP contribution in [-0.2, 0) is 30.4 Å². The third kappa shape index (κ3) is 7.30. The fourth-order valence-corrected chi connectivity index (χ4v) is 3.25. The molecule has 0 aliphatic carbocycles. The third-order valence-electron chi connectivity index (χ3n) is 4.18. The number of hydrogen-bond acceptors (Lipinski definition) is 6. The van der Waals surface area contributed by atoms with Crippen molar-refractivity contribution in [3.05, 3.63) is 35.6 Å². The van der Waals surface area contributed by atoms with Crippen molar-refractivity contribution in [2.75, 3.05) is 6.61 Å². The Balaban J connectivity index is 2.05. The summed E-state index contributed by atoms with van der Waals surface area (Å²) in [7, 11) is -1.41. The molecule has 0 saturated carbocycles. The van der Waals surface area contributed by atoms with E-state index in [1.54, 1.807) is 6.07 Å². The van der Waals surface area contributed by atoms with E-state index in [9.17, 15) is 23.6 Å². The normalized spacial score (nSPS) is 15.2. The highest BCUT2D eigenvalue weighted by molar-refractivity contribution is 6.76. The first-order valence-electron chi connectivity index (χ1n) is 9.30. The molecule has 8 nitrogen and oxygen atoms in total. The second kappa shape index (κ2) is 9.64. The largest absolute Gasteiger partial charge is 0.450 e. The summed E-state index contributed by atoms with van der Waals surface area (Å²) in [6.45, 7) is 6.58. The number of carbonyl (C=O) groups is 4. The van der Waals surface area contributed by atoms with Gasteiger partial charge in [-0.3, -0.25) is 9.59 Å². The Hall–Kier alpha value is -2.75. The number of imide groups is 1. The van der Waals surface area contributed by atoms with Crippen molar-refractivity contribution < 1.29 is 33.1 Å². The first kappa shape index (κ1) is 22.5. The first-order chi connectivity index (χ1) is 13.5. The third-order valence-corrected chi connectivity index (χ3v) is 5.88. The van der Waals surface area contributed by atoms with Gasteiger partial charge in [0.15, 0.2) is 0 Å². The molecular formula is C19H25FN2O6Si. The van der Waals surface area contributed by atoms with Crippen molar-refractivity contribution >= 4 is 32.0 Å². The van der Waals surface area contributed by atoms with Gasteiger partial charge in [0.1, 0.15) is 11.9 Å². The van der Waals surface area contributed by atoms with Crippen LogP contribution in [0.2, 0.25) is 25.7 Å². The Morgan fingerprint density at radius 1 is 1.21 bits per heavy atom. The zero-order chi connectivity index (χ0) is 21.6. The molecule has 1 fully saturated rings. The Labute approximate surface area is 169 Å². The molecule has 1 aromatic carbocycles. The molecule has 0 radical (unpaired) electrons. The van der Waals surface area contributed by atoms with E-state index in [2.05, 4.69) is 25.0 Å². The molecule has 1 saturated heterocycles. The molecule has 10 heteroatoms. The fourth-order valence-electron chi connectivity index (χ4n) is 2.54. The molecule has 1 atom stereocenters. The summed E-state index contributed by atoms with van der Waals surface area (Å²) in [6, 6.07) is 4.98. The molecule has 158 valence electrons. The number of hydroxylamine groups is 2. The average Bonchev–Trinajstić information content (AvgIpc) is 2.92. The van der Waals surface area contributed by atoms with Crippen LogP contribution in [0.15, 0.2) is 24.3 Å². The highest BCUT2D eigenvalue weighted by Gasteiger charge is 2.35. The van der Waals surface area contributed by atoms with Gasteiger partial charge in [-0.2, -0.15) is 0 Å². The fraction of sp³-hybridized carbons (Fsp3) is 0.474. The van der Waals surface area contributed by atoms with E-state index in [1.807, 2.05) is 0 Å². The first-order valence-corrected chi connectivity index (χ1v) is 13.0. The molecule has 1 aromatic rings. The van der Waals surface area contributed by atoms with Gasteiger partial charge in [0.05, 0.1) is 6.61 Å². The molecule has 1 aliphatic heterocycles. The molecule has 29 heavy (non-hydrogen) atoms. The van der Waals surface area contributed by atoms with E-state index in [1.165, 1.54) is 18.2 Å². The zero-order valence-corrected chi connectivity index (χ0v) is 17.7. The minimum atomic E-state index is -1.41. The Morgan fingerprint density at radius 3 is 2.45 bits per heavy atom. The zero-order valence-electron chi connectivity index (χ0n) is 16.7. The molecule has 0 spiro atoms. The number of ether oxygens (including phenoxy) is 1. The Morgan fingerprint density at radius 2 is 1.86 bits per heavy atom. The summed E-state index contributed by atoms with van der Waals surface area (Å²) >= 11 is 0. The highest BCUT2D eigenvalue weighted by atomic mass is 28.3. The van der Waals surface area contributed by atoms with Crippen LogP contribution in [0.5, 0.6) is 0 Å². The van der Waals surface area contributed by atoms with Gasteiger partial charge in [-0.05, 0) is 23.7 Å². The van der Waals surface area contributed by atoms with Crippen molar-refractivity contribution in [2.45, 2.75) is 51.0 Å².